The number of aromatic nitrogens is 1. The van der Waals surface area contributed by atoms with Crippen LogP contribution in [0.3, 0.4) is 0 Å². The second-order valence-corrected chi connectivity index (χ2v) is 6.17. The van der Waals surface area contributed by atoms with Crippen LogP contribution in [0.4, 0.5) is 5.00 Å². The lowest BCUT2D eigenvalue weighted by Gasteiger charge is -2.20. The molecule has 0 saturated carbocycles. The number of hydrogen-bond donors (Lipinski definition) is 0. The van der Waals surface area contributed by atoms with E-state index in [1.807, 2.05) is 37.3 Å². The summed E-state index contributed by atoms with van der Waals surface area (Å²) in [5, 5.41) is 10.8. The van der Waals surface area contributed by atoms with Crippen molar-refractivity contribution in [3.63, 3.8) is 0 Å². The molecule has 0 aliphatic rings. The van der Waals surface area contributed by atoms with E-state index >= 15 is 0 Å². The summed E-state index contributed by atoms with van der Waals surface area (Å²) < 4.78 is 4.22. The maximum atomic E-state index is 12.8. The number of benzene rings is 2. The number of anilines is 1. The summed E-state index contributed by atoms with van der Waals surface area (Å²) in [4.78, 5) is 18.6. The minimum Gasteiger partial charge on any atom is -0.371 e. The number of hydrogen-bond acceptors (Lipinski definition) is 5. The molecule has 1 amide bonds. The highest BCUT2D eigenvalue weighted by Gasteiger charge is 2.21. The molecular weight excluding hydrogens is 334 g/mol. The van der Waals surface area contributed by atoms with Crippen molar-refractivity contribution in [2.75, 3.05) is 5.06 Å². The Bertz CT molecular complexity index is 898. The first-order valence-electron chi connectivity index (χ1n) is 7.64. The number of rotatable bonds is 5. The van der Waals surface area contributed by atoms with Crippen molar-refractivity contribution in [1.82, 2.24) is 4.37 Å². The van der Waals surface area contributed by atoms with Gasteiger partial charge >= 0.3 is 0 Å². The molecule has 0 radical (unpaired) electrons. The van der Waals surface area contributed by atoms with Gasteiger partial charge in [0, 0.05) is 0 Å². The molecular formula is C19H15N3O2S. The van der Waals surface area contributed by atoms with Crippen molar-refractivity contribution in [1.29, 1.82) is 5.26 Å². The molecule has 1 heterocycles. The largest absolute Gasteiger partial charge is 0.371 e. The van der Waals surface area contributed by atoms with Crippen molar-refractivity contribution >= 4 is 22.4 Å². The van der Waals surface area contributed by atoms with Gasteiger partial charge < -0.3 is 4.84 Å². The minimum absolute atomic E-state index is 0.195. The summed E-state index contributed by atoms with van der Waals surface area (Å²) in [5.74, 6) is 0.283. The van der Waals surface area contributed by atoms with E-state index in [1.54, 1.807) is 30.3 Å². The monoisotopic (exact) mass is 349 g/mol. The Morgan fingerprint density at radius 1 is 1.20 bits per heavy atom. The Morgan fingerprint density at radius 2 is 1.92 bits per heavy atom. The molecule has 0 fully saturated rings. The van der Waals surface area contributed by atoms with Crippen LogP contribution in [0.15, 0.2) is 60.7 Å². The molecule has 0 aliphatic heterocycles. The number of nitriles is 1. The van der Waals surface area contributed by atoms with Crippen LogP contribution < -0.4 is 9.90 Å². The third kappa shape index (κ3) is 4.22. The average Bonchev–Trinajstić information content (AvgIpc) is 3.07. The van der Waals surface area contributed by atoms with Crippen molar-refractivity contribution in [2.45, 2.75) is 13.3 Å². The maximum Gasteiger partial charge on any atom is 0.265 e. The third-order valence-corrected chi connectivity index (χ3v) is 4.27. The first-order chi connectivity index (χ1) is 12.2. The van der Waals surface area contributed by atoms with E-state index < -0.39 is 0 Å². The Labute approximate surface area is 149 Å². The second-order valence-electron chi connectivity index (χ2n) is 5.38. The molecule has 2 aromatic carbocycles. The van der Waals surface area contributed by atoms with Gasteiger partial charge in [0.2, 0.25) is 0 Å². The molecule has 0 spiro atoms. The molecule has 5 nitrogen and oxygen atoms in total. The molecule has 124 valence electrons. The summed E-state index contributed by atoms with van der Waals surface area (Å²) in [7, 11) is 0. The SMILES string of the molecule is Cc1cc(N(Oc2ccc(C#N)cc2)C(=O)Cc2ccccc2)sn1. The molecule has 0 N–H and O–H groups in total. The van der Waals surface area contributed by atoms with E-state index in [1.165, 1.54) is 16.6 Å². The van der Waals surface area contributed by atoms with Crippen molar-refractivity contribution in [3.8, 4) is 11.8 Å². The van der Waals surface area contributed by atoms with E-state index in [2.05, 4.69) is 10.4 Å². The molecule has 3 aromatic rings. The van der Waals surface area contributed by atoms with Crippen LogP contribution in [-0.2, 0) is 11.2 Å². The van der Waals surface area contributed by atoms with Crippen molar-refractivity contribution in [3.05, 3.63) is 77.5 Å². The smallest absolute Gasteiger partial charge is 0.265 e. The fraction of sp³-hybridized carbons (Fsp3) is 0.105. The first kappa shape index (κ1) is 16.7. The van der Waals surface area contributed by atoms with E-state index in [-0.39, 0.29) is 12.3 Å². The number of carbonyl (C=O) groups is 1. The van der Waals surface area contributed by atoms with Gasteiger partial charge in [-0.15, -0.1) is 5.06 Å². The van der Waals surface area contributed by atoms with E-state index in [0.717, 1.165) is 11.3 Å². The summed E-state index contributed by atoms with van der Waals surface area (Å²) in [5.41, 5.74) is 2.26. The van der Waals surface area contributed by atoms with Gasteiger partial charge in [-0.2, -0.15) is 9.64 Å². The van der Waals surface area contributed by atoms with Crippen molar-refractivity contribution < 1.29 is 9.63 Å². The lowest BCUT2D eigenvalue weighted by molar-refractivity contribution is -0.122. The van der Waals surface area contributed by atoms with Gasteiger partial charge in [0.25, 0.3) is 5.91 Å². The van der Waals surface area contributed by atoms with Crippen LogP contribution in [0.25, 0.3) is 0 Å². The van der Waals surface area contributed by atoms with Gasteiger partial charge in [-0.25, -0.2) is 0 Å². The lowest BCUT2D eigenvalue weighted by Crippen LogP contribution is -2.34. The highest BCUT2D eigenvalue weighted by Crippen LogP contribution is 2.25. The van der Waals surface area contributed by atoms with Crippen LogP contribution in [0, 0.1) is 18.3 Å². The Kier molecular flexibility index (Phi) is 5.07. The van der Waals surface area contributed by atoms with Crippen LogP contribution >= 0.6 is 11.5 Å². The van der Waals surface area contributed by atoms with E-state index in [0.29, 0.717) is 16.3 Å². The number of hydroxylamine groups is 1. The zero-order valence-electron chi connectivity index (χ0n) is 13.5. The number of aryl methyl sites for hydroxylation is 1. The Hall–Kier alpha value is -3.17. The summed E-state index contributed by atoms with van der Waals surface area (Å²) in [6.45, 7) is 1.86. The molecule has 0 atom stereocenters. The average molecular weight is 349 g/mol. The molecule has 0 aliphatic carbocycles. The quantitative estimate of drug-likeness (QED) is 0.655. The maximum absolute atomic E-state index is 12.8. The zero-order valence-corrected chi connectivity index (χ0v) is 14.4. The van der Waals surface area contributed by atoms with Crippen LogP contribution in [0.5, 0.6) is 5.75 Å². The summed E-state index contributed by atoms with van der Waals surface area (Å²) in [6.07, 6.45) is 0.216. The third-order valence-electron chi connectivity index (χ3n) is 3.42. The van der Waals surface area contributed by atoms with Crippen LogP contribution in [-0.4, -0.2) is 10.3 Å². The topological polar surface area (TPSA) is 66.2 Å². The first-order valence-corrected chi connectivity index (χ1v) is 8.41. The zero-order chi connectivity index (χ0) is 17.6. The van der Waals surface area contributed by atoms with Gasteiger partial charge in [-0.3, -0.25) is 4.79 Å². The van der Waals surface area contributed by atoms with Gasteiger partial charge in [0.05, 0.1) is 23.7 Å². The second kappa shape index (κ2) is 7.60. The Morgan fingerprint density at radius 3 is 2.52 bits per heavy atom. The fourth-order valence-corrected chi connectivity index (χ4v) is 2.93. The standard InChI is InChI=1S/C19H15N3O2S/c1-14-11-19(25-21-14)22(18(23)12-15-5-3-2-4-6-15)24-17-9-7-16(13-20)8-10-17/h2-11H,12H2,1H3. The highest BCUT2D eigenvalue weighted by molar-refractivity contribution is 7.10. The highest BCUT2D eigenvalue weighted by atomic mass is 32.1. The molecule has 1 aromatic heterocycles. The molecule has 0 unspecified atom stereocenters. The van der Waals surface area contributed by atoms with Gasteiger partial charge in [-0.05, 0) is 54.4 Å². The van der Waals surface area contributed by atoms with Crippen molar-refractivity contribution in [2.24, 2.45) is 0 Å². The Balaban J connectivity index is 1.84. The predicted molar refractivity (Wildman–Crippen MR) is 96.3 cm³/mol. The molecule has 6 heteroatoms. The van der Waals surface area contributed by atoms with Gasteiger partial charge in [-0.1, -0.05) is 30.3 Å². The number of carbonyl (C=O) groups excluding carboxylic acids is 1. The molecule has 0 bridgehead atoms. The minimum atomic E-state index is -0.195. The molecule has 0 saturated heterocycles. The van der Waals surface area contributed by atoms with Crippen LogP contribution in [0.2, 0.25) is 0 Å². The molecule has 3 rings (SSSR count). The van der Waals surface area contributed by atoms with Crippen LogP contribution in [0.1, 0.15) is 16.8 Å². The van der Waals surface area contributed by atoms with Gasteiger partial charge in [0.15, 0.2) is 10.8 Å². The summed E-state index contributed by atoms with van der Waals surface area (Å²) in [6, 6.07) is 20.0. The van der Waals surface area contributed by atoms with E-state index in [4.69, 9.17) is 10.1 Å². The van der Waals surface area contributed by atoms with E-state index in [9.17, 15) is 4.79 Å². The lowest BCUT2D eigenvalue weighted by atomic mass is 10.1. The van der Waals surface area contributed by atoms with Gasteiger partial charge in [0.1, 0.15) is 0 Å². The number of nitrogens with zero attached hydrogens (tertiary/aromatic N) is 3. The predicted octanol–water partition coefficient (Wildman–Crippen LogP) is 3.89. The molecule has 25 heavy (non-hydrogen) atoms. The number of amides is 1. The summed E-state index contributed by atoms with van der Waals surface area (Å²) >= 11 is 1.20. The fourth-order valence-electron chi connectivity index (χ4n) is 2.20. The normalized spacial score (nSPS) is 10.1.